The second kappa shape index (κ2) is 9.80. The molecule has 0 spiro atoms. The molecule has 0 amide bonds. The van der Waals surface area contributed by atoms with E-state index in [0.717, 1.165) is 40.3 Å². The third kappa shape index (κ3) is 5.74. The van der Waals surface area contributed by atoms with E-state index in [-0.39, 0.29) is 5.75 Å². The Kier molecular flexibility index (Phi) is 7.17. The number of aromatic hydroxyl groups is 1. The molecule has 0 unspecified atom stereocenters. The molecule has 29 heavy (non-hydrogen) atoms. The third-order valence-electron chi connectivity index (χ3n) is 4.36. The van der Waals surface area contributed by atoms with Gasteiger partial charge in [-0.25, -0.2) is 0 Å². The Bertz CT molecular complexity index is 925. The minimum Gasteiger partial charge on any atom is -0.508 e. The molecule has 0 atom stereocenters. The number of nitrogens with zero attached hydrogens (tertiary/aromatic N) is 4. The van der Waals surface area contributed by atoms with Crippen LogP contribution in [0.1, 0.15) is 25.2 Å². The van der Waals surface area contributed by atoms with Crippen molar-refractivity contribution in [2.24, 2.45) is 5.92 Å². The molecule has 0 saturated heterocycles. The Morgan fingerprint density at radius 2 is 1.86 bits per heavy atom. The summed E-state index contributed by atoms with van der Waals surface area (Å²) in [6.07, 6.45) is 0. The highest BCUT2D eigenvalue weighted by molar-refractivity contribution is 7.99. The summed E-state index contributed by atoms with van der Waals surface area (Å²) in [5.41, 5.74) is 2.13. The van der Waals surface area contributed by atoms with Gasteiger partial charge in [-0.1, -0.05) is 43.8 Å². The highest BCUT2D eigenvalue weighted by atomic mass is 32.2. The molecular formula is C22H28N4O2S. The molecule has 0 bridgehead atoms. The molecular weight excluding hydrogens is 384 g/mol. The Morgan fingerprint density at radius 1 is 1.10 bits per heavy atom. The first kappa shape index (κ1) is 21.2. The van der Waals surface area contributed by atoms with Gasteiger partial charge < -0.3 is 9.84 Å². The Morgan fingerprint density at radius 3 is 2.55 bits per heavy atom. The Hall–Kier alpha value is -2.51. The zero-order valence-corrected chi connectivity index (χ0v) is 18.2. The largest absolute Gasteiger partial charge is 0.508 e. The van der Waals surface area contributed by atoms with E-state index >= 15 is 0 Å². The van der Waals surface area contributed by atoms with Crippen molar-refractivity contribution in [2.75, 3.05) is 19.9 Å². The topological polar surface area (TPSA) is 63.4 Å². The minimum atomic E-state index is 0.279. The first-order chi connectivity index (χ1) is 14.0. The summed E-state index contributed by atoms with van der Waals surface area (Å²) in [4.78, 5) is 2.18. The second-order valence-electron chi connectivity index (χ2n) is 7.48. The van der Waals surface area contributed by atoms with E-state index in [0.29, 0.717) is 12.5 Å². The lowest BCUT2D eigenvalue weighted by Crippen LogP contribution is -2.20. The molecule has 3 rings (SSSR count). The molecule has 0 aliphatic carbocycles. The Balaban J connectivity index is 1.85. The monoisotopic (exact) mass is 412 g/mol. The maximum Gasteiger partial charge on any atom is 0.195 e. The van der Waals surface area contributed by atoms with Crippen LogP contribution in [0.4, 0.5) is 0 Å². The van der Waals surface area contributed by atoms with Crippen LogP contribution in [0.3, 0.4) is 0 Å². The second-order valence-corrected chi connectivity index (χ2v) is 8.47. The lowest BCUT2D eigenvalue weighted by atomic mass is 10.2. The van der Waals surface area contributed by atoms with Crippen molar-refractivity contribution < 1.29 is 9.84 Å². The SMILES string of the molecule is COc1cccc(-n2c(CN(C)Cc3ccc(O)cc3)nnc2SCC(C)C)c1. The summed E-state index contributed by atoms with van der Waals surface area (Å²) < 4.78 is 7.52. The van der Waals surface area contributed by atoms with Crippen LogP contribution in [0, 0.1) is 5.92 Å². The normalized spacial score (nSPS) is 11.4. The van der Waals surface area contributed by atoms with Gasteiger partial charge in [-0.15, -0.1) is 10.2 Å². The van der Waals surface area contributed by atoms with Gasteiger partial charge in [0.05, 0.1) is 19.3 Å². The van der Waals surface area contributed by atoms with Crippen molar-refractivity contribution in [3.63, 3.8) is 0 Å². The minimum absolute atomic E-state index is 0.279. The molecule has 154 valence electrons. The molecule has 0 radical (unpaired) electrons. The molecule has 3 aromatic rings. The summed E-state index contributed by atoms with van der Waals surface area (Å²) in [6.45, 7) is 5.80. The highest BCUT2D eigenvalue weighted by Crippen LogP contribution is 2.26. The molecule has 0 aliphatic heterocycles. The zero-order chi connectivity index (χ0) is 20.8. The van der Waals surface area contributed by atoms with E-state index in [9.17, 15) is 5.11 Å². The molecule has 0 aliphatic rings. The van der Waals surface area contributed by atoms with Gasteiger partial charge in [0.15, 0.2) is 11.0 Å². The standard InChI is InChI=1S/C22H28N4O2S/c1-16(2)15-29-22-24-23-21(26(22)18-6-5-7-20(12-18)28-4)14-25(3)13-17-8-10-19(27)11-9-17/h5-12,16,27H,13-15H2,1-4H3. The van der Waals surface area contributed by atoms with Gasteiger partial charge in [-0.3, -0.25) is 9.47 Å². The van der Waals surface area contributed by atoms with Crippen molar-refractivity contribution in [1.29, 1.82) is 0 Å². The number of thioether (sulfide) groups is 1. The maximum absolute atomic E-state index is 9.48. The summed E-state index contributed by atoms with van der Waals surface area (Å²) in [5, 5.41) is 19.3. The maximum atomic E-state index is 9.48. The van der Waals surface area contributed by atoms with Crippen molar-refractivity contribution in [3.8, 4) is 17.2 Å². The molecule has 0 fully saturated rings. The molecule has 0 saturated carbocycles. The lowest BCUT2D eigenvalue weighted by molar-refractivity contribution is 0.308. The molecule has 1 heterocycles. The highest BCUT2D eigenvalue weighted by Gasteiger charge is 2.17. The van der Waals surface area contributed by atoms with Crippen LogP contribution < -0.4 is 4.74 Å². The van der Waals surface area contributed by atoms with Gasteiger partial charge in [0, 0.05) is 18.4 Å². The fourth-order valence-corrected chi connectivity index (χ4v) is 3.88. The number of hydrogen-bond acceptors (Lipinski definition) is 6. The van der Waals surface area contributed by atoms with E-state index in [4.69, 9.17) is 4.74 Å². The van der Waals surface area contributed by atoms with Gasteiger partial charge in [-0.2, -0.15) is 0 Å². The number of aromatic nitrogens is 3. The van der Waals surface area contributed by atoms with E-state index in [2.05, 4.69) is 46.6 Å². The average molecular weight is 413 g/mol. The van der Waals surface area contributed by atoms with Crippen LogP contribution in [0.5, 0.6) is 11.5 Å². The van der Waals surface area contributed by atoms with Gasteiger partial charge in [0.1, 0.15) is 11.5 Å². The van der Waals surface area contributed by atoms with E-state index in [1.807, 2.05) is 30.3 Å². The Labute approximate surface area is 176 Å². The molecule has 7 heteroatoms. The van der Waals surface area contributed by atoms with Crippen molar-refractivity contribution >= 4 is 11.8 Å². The van der Waals surface area contributed by atoms with Crippen LogP contribution in [0.25, 0.3) is 5.69 Å². The van der Waals surface area contributed by atoms with Crippen LogP contribution in [0.15, 0.2) is 53.7 Å². The molecule has 1 aromatic heterocycles. The summed E-state index contributed by atoms with van der Waals surface area (Å²) >= 11 is 1.72. The van der Waals surface area contributed by atoms with Crippen LogP contribution >= 0.6 is 11.8 Å². The number of phenols is 1. The number of ether oxygens (including phenoxy) is 1. The zero-order valence-electron chi connectivity index (χ0n) is 17.4. The van der Waals surface area contributed by atoms with E-state index < -0.39 is 0 Å². The van der Waals surface area contributed by atoms with E-state index in [1.165, 1.54) is 0 Å². The molecule has 2 aromatic carbocycles. The van der Waals surface area contributed by atoms with Crippen LogP contribution in [-0.2, 0) is 13.1 Å². The number of methoxy groups -OCH3 is 1. The first-order valence-corrected chi connectivity index (χ1v) is 10.6. The fourth-order valence-electron chi connectivity index (χ4n) is 2.96. The van der Waals surface area contributed by atoms with Crippen molar-refractivity contribution in [1.82, 2.24) is 19.7 Å². The van der Waals surface area contributed by atoms with Crippen molar-refractivity contribution in [2.45, 2.75) is 32.1 Å². The predicted molar refractivity (Wildman–Crippen MR) is 117 cm³/mol. The van der Waals surface area contributed by atoms with Gasteiger partial charge in [-0.05, 0) is 42.8 Å². The predicted octanol–water partition coefficient (Wildman–Crippen LogP) is 4.36. The lowest BCUT2D eigenvalue weighted by Gasteiger charge is -2.18. The number of phenolic OH excluding ortho intramolecular Hbond substituents is 1. The smallest absolute Gasteiger partial charge is 0.195 e. The summed E-state index contributed by atoms with van der Waals surface area (Å²) in [6, 6.07) is 15.3. The number of benzene rings is 2. The summed E-state index contributed by atoms with van der Waals surface area (Å²) in [7, 11) is 3.73. The number of hydrogen-bond donors (Lipinski definition) is 1. The van der Waals surface area contributed by atoms with Gasteiger partial charge >= 0.3 is 0 Å². The van der Waals surface area contributed by atoms with Crippen molar-refractivity contribution in [3.05, 3.63) is 59.9 Å². The van der Waals surface area contributed by atoms with Gasteiger partial charge in [0.2, 0.25) is 0 Å². The van der Waals surface area contributed by atoms with Crippen LogP contribution in [0.2, 0.25) is 0 Å². The average Bonchev–Trinajstić information content (AvgIpc) is 3.10. The third-order valence-corrected chi connectivity index (χ3v) is 5.71. The first-order valence-electron chi connectivity index (χ1n) is 9.64. The summed E-state index contributed by atoms with van der Waals surface area (Å²) in [5.74, 6) is 3.51. The quantitative estimate of drug-likeness (QED) is 0.527. The fraction of sp³-hybridized carbons (Fsp3) is 0.364. The number of rotatable bonds is 9. The van der Waals surface area contributed by atoms with E-state index in [1.54, 1.807) is 31.0 Å². The van der Waals surface area contributed by atoms with Crippen LogP contribution in [-0.4, -0.2) is 44.7 Å². The molecule has 1 N–H and O–H groups in total. The van der Waals surface area contributed by atoms with Gasteiger partial charge in [0.25, 0.3) is 0 Å². The molecule has 6 nitrogen and oxygen atoms in total.